The van der Waals surface area contributed by atoms with Crippen LogP contribution in [0, 0.1) is 6.85 Å². The number of nitrogens with one attached hydrogen (secondary N) is 1. The number of piperidine rings is 1. The summed E-state index contributed by atoms with van der Waals surface area (Å²) in [6.45, 7) is -1.23. The van der Waals surface area contributed by atoms with E-state index in [-0.39, 0.29) is 22.0 Å². The average molecular weight is 467 g/mol. The molecule has 4 rings (SSSR count). The van der Waals surface area contributed by atoms with Crippen LogP contribution in [0.25, 0.3) is 16.9 Å². The number of nitrogens with zero attached hydrogens (tertiary/aromatic N) is 3. The molecule has 3 aromatic rings. The molecule has 1 saturated heterocycles. The molecule has 0 saturated carbocycles. The third-order valence-electron chi connectivity index (χ3n) is 4.97. The van der Waals surface area contributed by atoms with Crippen LogP contribution in [0.1, 0.15) is 39.4 Å². The molecule has 1 aliphatic heterocycles. The summed E-state index contributed by atoms with van der Waals surface area (Å²) in [7, 11) is 0. The van der Waals surface area contributed by atoms with Gasteiger partial charge in [0.25, 0.3) is 5.91 Å². The minimum atomic E-state index is -2.62. The van der Waals surface area contributed by atoms with Crippen molar-refractivity contribution < 1.29 is 8.91 Å². The highest BCUT2D eigenvalue weighted by Crippen LogP contribution is 2.33. The molecule has 0 atom stereocenters. The average Bonchev–Trinajstić information content (AvgIpc) is 3.16. The maximum atomic E-state index is 13.2. The lowest BCUT2D eigenvalue weighted by atomic mass is 10.1. The molecule has 30 heavy (non-hydrogen) atoms. The fourth-order valence-electron chi connectivity index (χ4n) is 3.48. The van der Waals surface area contributed by atoms with Crippen molar-refractivity contribution in [2.24, 2.45) is 0 Å². The molecule has 5 nitrogen and oxygen atoms in total. The summed E-state index contributed by atoms with van der Waals surface area (Å²) in [6, 6.07) is 11.4. The van der Waals surface area contributed by atoms with Crippen molar-refractivity contribution in [3.8, 4) is 16.9 Å². The largest absolute Gasteiger partial charge is 0.286 e. The lowest BCUT2D eigenvalue weighted by Crippen LogP contribution is -2.45. The topological polar surface area (TPSA) is 50.2 Å². The molecule has 2 heterocycles. The standard InChI is InChI=1S/C22H21Cl3N4O/c1-14-20(22(30)27-28-11-3-2-4-12-28)26-29(19-10-9-17(24)13-18(19)25)21(14)15-5-7-16(23)8-6-15/h5-10,13H,2-4,11-12H2,1H3,(H,27,30)/i1D3. The minimum Gasteiger partial charge on any atom is -0.283 e. The number of halogens is 3. The maximum absolute atomic E-state index is 13.2. The Balaban J connectivity index is 1.93. The highest BCUT2D eigenvalue weighted by molar-refractivity contribution is 6.35. The van der Waals surface area contributed by atoms with E-state index in [0.29, 0.717) is 34.4 Å². The lowest BCUT2D eigenvalue weighted by molar-refractivity contribution is 0.0743. The van der Waals surface area contributed by atoms with Crippen LogP contribution in [0.4, 0.5) is 0 Å². The fourth-order valence-corrected chi connectivity index (χ4v) is 4.10. The number of aromatic nitrogens is 2. The van der Waals surface area contributed by atoms with Crippen molar-refractivity contribution in [3.63, 3.8) is 0 Å². The monoisotopic (exact) mass is 465 g/mol. The number of carbonyl (C=O) groups excluding carboxylic acids is 1. The predicted octanol–water partition coefficient (Wildman–Crippen LogP) is 5.94. The molecule has 0 spiro atoms. The van der Waals surface area contributed by atoms with E-state index in [2.05, 4.69) is 10.5 Å². The molecule has 8 heteroatoms. The Morgan fingerprint density at radius 1 is 1.03 bits per heavy atom. The molecule has 0 bridgehead atoms. The second-order valence-corrected chi connectivity index (χ2v) is 8.36. The van der Waals surface area contributed by atoms with Gasteiger partial charge in [0.15, 0.2) is 5.69 Å². The first-order chi connectivity index (χ1) is 15.6. The van der Waals surface area contributed by atoms with Crippen molar-refractivity contribution in [3.05, 3.63) is 68.8 Å². The summed E-state index contributed by atoms with van der Waals surface area (Å²) in [4.78, 5) is 13.2. The van der Waals surface area contributed by atoms with Crippen LogP contribution in [-0.4, -0.2) is 33.8 Å². The molecule has 0 aliphatic carbocycles. The van der Waals surface area contributed by atoms with Gasteiger partial charge >= 0.3 is 0 Å². The van der Waals surface area contributed by atoms with Crippen LogP contribution < -0.4 is 5.43 Å². The summed E-state index contributed by atoms with van der Waals surface area (Å²) in [5, 5.41) is 7.43. The Morgan fingerprint density at radius 2 is 1.73 bits per heavy atom. The van der Waals surface area contributed by atoms with Crippen molar-refractivity contribution in [2.45, 2.75) is 26.1 Å². The van der Waals surface area contributed by atoms with Gasteiger partial charge in [-0.25, -0.2) is 9.69 Å². The molecule has 156 valence electrons. The molecule has 1 aromatic heterocycles. The highest BCUT2D eigenvalue weighted by atomic mass is 35.5. The summed E-state index contributed by atoms with van der Waals surface area (Å²) < 4.78 is 26.1. The second kappa shape index (κ2) is 8.98. The van der Waals surface area contributed by atoms with Crippen LogP contribution in [0.2, 0.25) is 15.1 Å². The molecule has 0 unspecified atom stereocenters. The third-order valence-corrected chi connectivity index (χ3v) is 5.76. The van der Waals surface area contributed by atoms with Gasteiger partial charge in [-0.05, 0) is 50.0 Å². The molecular weight excluding hydrogens is 443 g/mol. The van der Waals surface area contributed by atoms with Crippen LogP contribution >= 0.6 is 34.8 Å². The maximum Gasteiger partial charge on any atom is 0.286 e. The smallest absolute Gasteiger partial charge is 0.283 e. The third kappa shape index (κ3) is 4.35. The number of hydrogen-bond acceptors (Lipinski definition) is 3. The van der Waals surface area contributed by atoms with E-state index < -0.39 is 12.8 Å². The zero-order valence-corrected chi connectivity index (χ0v) is 18.2. The summed E-state index contributed by atoms with van der Waals surface area (Å²) >= 11 is 18.6. The first-order valence-electron chi connectivity index (χ1n) is 11.1. The Morgan fingerprint density at radius 3 is 2.40 bits per heavy atom. The number of amides is 1. The van der Waals surface area contributed by atoms with Crippen LogP contribution in [-0.2, 0) is 0 Å². The molecule has 1 N–H and O–H groups in total. The van der Waals surface area contributed by atoms with E-state index in [1.807, 2.05) is 0 Å². The molecule has 2 aromatic carbocycles. The van der Waals surface area contributed by atoms with E-state index >= 15 is 0 Å². The molecular formula is C22H21Cl3N4O. The van der Waals surface area contributed by atoms with Crippen LogP contribution in [0.15, 0.2) is 42.5 Å². The van der Waals surface area contributed by atoms with Gasteiger partial charge in [-0.3, -0.25) is 10.2 Å². The minimum absolute atomic E-state index is 0.162. The number of hydrogen-bond donors (Lipinski definition) is 1. The van der Waals surface area contributed by atoms with E-state index in [1.165, 1.54) is 10.7 Å². The van der Waals surface area contributed by atoms with E-state index in [4.69, 9.17) is 38.9 Å². The zero-order chi connectivity index (χ0) is 23.8. The van der Waals surface area contributed by atoms with E-state index in [9.17, 15) is 4.79 Å². The second-order valence-electron chi connectivity index (χ2n) is 7.08. The molecule has 1 aliphatic rings. The highest BCUT2D eigenvalue weighted by Gasteiger charge is 2.24. The lowest BCUT2D eigenvalue weighted by Gasteiger charge is -2.26. The molecule has 1 amide bonds. The first kappa shape index (κ1) is 17.6. The quantitative estimate of drug-likeness (QED) is 0.518. The van der Waals surface area contributed by atoms with Gasteiger partial charge in [0.2, 0.25) is 0 Å². The predicted molar refractivity (Wildman–Crippen MR) is 122 cm³/mol. The van der Waals surface area contributed by atoms with Crippen LogP contribution in [0.5, 0.6) is 0 Å². The SMILES string of the molecule is [2H]C([2H])([2H])c1c(C(=O)NN2CCCCC2)nn(-c2ccc(Cl)cc2Cl)c1-c1ccc(Cl)cc1. The van der Waals surface area contributed by atoms with Crippen molar-refractivity contribution in [1.82, 2.24) is 20.2 Å². The first-order valence-corrected chi connectivity index (χ1v) is 10.7. The Hall–Kier alpha value is -2.05. The van der Waals surface area contributed by atoms with Crippen LogP contribution in [0.3, 0.4) is 0 Å². The van der Waals surface area contributed by atoms with E-state index in [0.717, 1.165) is 19.3 Å². The molecule has 1 fully saturated rings. The fraction of sp³-hybridized carbons (Fsp3) is 0.273. The number of rotatable bonds is 4. The van der Waals surface area contributed by atoms with E-state index in [1.54, 1.807) is 41.4 Å². The van der Waals surface area contributed by atoms with Gasteiger partial charge in [-0.1, -0.05) is 53.4 Å². The number of carbonyl (C=O) groups is 1. The number of hydrazine groups is 1. The van der Waals surface area contributed by atoms with Crippen molar-refractivity contribution in [1.29, 1.82) is 0 Å². The molecule has 0 radical (unpaired) electrons. The van der Waals surface area contributed by atoms with Crippen molar-refractivity contribution in [2.75, 3.05) is 13.1 Å². The van der Waals surface area contributed by atoms with Gasteiger partial charge in [-0.15, -0.1) is 0 Å². The summed E-state index contributed by atoms with van der Waals surface area (Å²) in [6.07, 6.45) is 3.01. The summed E-state index contributed by atoms with van der Waals surface area (Å²) in [5.74, 6) is -0.581. The number of benzene rings is 2. The van der Waals surface area contributed by atoms with Crippen molar-refractivity contribution >= 4 is 40.7 Å². The van der Waals surface area contributed by atoms with Gasteiger partial charge in [0.05, 0.1) is 16.4 Å². The van der Waals surface area contributed by atoms with Gasteiger partial charge in [0, 0.05) is 38.4 Å². The Labute approximate surface area is 194 Å². The van der Waals surface area contributed by atoms with Gasteiger partial charge in [-0.2, -0.15) is 5.10 Å². The van der Waals surface area contributed by atoms with Gasteiger partial charge < -0.3 is 0 Å². The van der Waals surface area contributed by atoms with Gasteiger partial charge in [0.1, 0.15) is 0 Å². The Kier molecular flexibility index (Phi) is 5.27. The Bertz CT molecular complexity index is 1170. The zero-order valence-electron chi connectivity index (χ0n) is 19.0. The summed E-state index contributed by atoms with van der Waals surface area (Å²) in [5.41, 5.74) is 3.63. The normalized spacial score (nSPS) is 16.6.